The predicted octanol–water partition coefficient (Wildman–Crippen LogP) is 12.5. The van der Waals surface area contributed by atoms with E-state index in [1.165, 1.54) is 21.5 Å². The minimum absolute atomic E-state index is 0.691. The Morgan fingerprint density at radius 3 is 1.51 bits per heavy atom. The van der Waals surface area contributed by atoms with Gasteiger partial charge in [-0.2, -0.15) is 0 Å². The lowest BCUT2D eigenvalue weighted by Crippen LogP contribution is -1.97. The number of fused-ring (bicyclic) bond motifs is 7. The van der Waals surface area contributed by atoms with Crippen molar-refractivity contribution in [3.8, 4) is 56.3 Å². The van der Waals surface area contributed by atoms with E-state index in [-0.39, 0.29) is 0 Å². The van der Waals surface area contributed by atoms with Crippen LogP contribution < -0.4 is 0 Å². The molecule has 0 spiro atoms. The Labute approximate surface area is 316 Å². The molecule has 0 saturated carbocycles. The van der Waals surface area contributed by atoms with E-state index < -0.39 is 0 Å². The van der Waals surface area contributed by atoms with E-state index >= 15 is 0 Å². The molecular weight excluding hydrogens is 671 g/mol. The molecule has 0 N–H and O–H groups in total. The van der Waals surface area contributed by atoms with Gasteiger partial charge in [0.15, 0.2) is 11.5 Å². The summed E-state index contributed by atoms with van der Waals surface area (Å²) >= 11 is 0. The summed E-state index contributed by atoms with van der Waals surface area (Å²) in [5, 5.41) is 6.88. The molecule has 0 aliphatic heterocycles. The first kappa shape index (κ1) is 31.1. The molecule has 55 heavy (non-hydrogen) atoms. The van der Waals surface area contributed by atoms with Crippen LogP contribution in [0.2, 0.25) is 0 Å². The maximum atomic E-state index is 5.21. The highest BCUT2D eigenvalue weighted by Gasteiger charge is 2.17. The van der Waals surface area contributed by atoms with Gasteiger partial charge in [0, 0.05) is 39.2 Å². The predicted molar refractivity (Wildman–Crippen MR) is 226 cm³/mol. The van der Waals surface area contributed by atoms with Gasteiger partial charge in [-0.15, -0.1) is 0 Å². The minimum atomic E-state index is 0.691. The summed E-state index contributed by atoms with van der Waals surface area (Å²) in [6.07, 6.45) is 2.03. The number of benzene rings is 7. The standard InChI is InChI=1S/C50H31N5/c1-3-15-38-34(11-1)13-9-19-40(38)44-31-45(41-20-10-14-35-12-2-4-16-39(35)41)52-49(51-44)37-28-24-33(25-29-37)32-22-26-36(27-23-32)47-42-17-5-6-18-43(42)48-50(54-47)55-30-8-7-21-46(55)53-48/h1-31H. The van der Waals surface area contributed by atoms with Crippen molar-refractivity contribution in [2.24, 2.45) is 0 Å². The number of pyridine rings is 2. The summed E-state index contributed by atoms with van der Waals surface area (Å²) in [4.78, 5) is 20.5. The van der Waals surface area contributed by atoms with Gasteiger partial charge in [0.1, 0.15) is 11.2 Å². The second kappa shape index (κ2) is 12.6. The van der Waals surface area contributed by atoms with Gasteiger partial charge in [0.05, 0.1) is 17.1 Å². The van der Waals surface area contributed by atoms with Crippen LogP contribution in [0.4, 0.5) is 0 Å². The van der Waals surface area contributed by atoms with Gasteiger partial charge in [-0.05, 0) is 50.9 Å². The monoisotopic (exact) mass is 701 g/mol. The Morgan fingerprint density at radius 2 is 0.873 bits per heavy atom. The number of hydrogen-bond donors (Lipinski definition) is 0. The Hall–Kier alpha value is -7.50. The summed E-state index contributed by atoms with van der Waals surface area (Å²) in [5.74, 6) is 0.691. The molecular formula is C50H31N5. The largest absolute Gasteiger partial charge is 0.284 e. The molecule has 0 fully saturated rings. The lowest BCUT2D eigenvalue weighted by molar-refractivity contribution is 1.19. The van der Waals surface area contributed by atoms with E-state index in [4.69, 9.17) is 19.9 Å². The van der Waals surface area contributed by atoms with Crippen molar-refractivity contribution in [1.82, 2.24) is 24.3 Å². The quantitative estimate of drug-likeness (QED) is 0.179. The molecule has 4 heterocycles. The molecule has 4 aromatic heterocycles. The number of nitrogens with zero attached hydrogens (tertiary/aromatic N) is 5. The van der Waals surface area contributed by atoms with Crippen molar-refractivity contribution < 1.29 is 0 Å². The van der Waals surface area contributed by atoms with Crippen LogP contribution in [0.3, 0.4) is 0 Å². The second-order valence-electron chi connectivity index (χ2n) is 13.9. The van der Waals surface area contributed by atoms with Gasteiger partial charge < -0.3 is 0 Å². The number of rotatable bonds is 5. The first-order valence-electron chi connectivity index (χ1n) is 18.5. The number of hydrogen-bond acceptors (Lipinski definition) is 4. The van der Waals surface area contributed by atoms with Crippen molar-refractivity contribution >= 4 is 49.1 Å². The molecule has 11 aromatic rings. The first-order valence-corrected chi connectivity index (χ1v) is 18.5. The van der Waals surface area contributed by atoms with Crippen LogP contribution in [0.5, 0.6) is 0 Å². The third-order valence-corrected chi connectivity index (χ3v) is 10.7. The van der Waals surface area contributed by atoms with Crippen LogP contribution >= 0.6 is 0 Å². The Bertz CT molecular complexity index is 3150. The second-order valence-corrected chi connectivity index (χ2v) is 13.9. The normalized spacial score (nSPS) is 11.6. The van der Waals surface area contributed by atoms with Crippen molar-refractivity contribution in [2.45, 2.75) is 0 Å². The molecule has 5 heteroatoms. The van der Waals surface area contributed by atoms with Gasteiger partial charge in [-0.1, -0.05) is 164 Å². The topological polar surface area (TPSA) is 56.0 Å². The molecule has 0 radical (unpaired) electrons. The first-order chi connectivity index (χ1) is 27.2. The van der Waals surface area contributed by atoms with Gasteiger partial charge in [0.2, 0.25) is 0 Å². The fraction of sp³-hybridized carbons (Fsp3) is 0. The van der Waals surface area contributed by atoms with E-state index in [0.29, 0.717) is 5.82 Å². The van der Waals surface area contributed by atoms with Crippen LogP contribution in [0, 0.1) is 0 Å². The van der Waals surface area contributed by atoms with Gasteiger partial charge in [-0.25, -0.2) is 19.9 Å². The van der Waals surface area contributed by atoms with Crippen molar-refractivity contribution in [3.63, 3.8) is 0 Å². The third-order valence-electron chi connectivity index (χ3n) is 10.7. The zero-order valence-electron chi connectivity index (χ0n) is 29.6. The lowest BCUT2D eigenvalue weighted by Gasteiger charge is -2.13. The highest BCUT2D eigenvalue weighted by atomic mass is 15.1. The molecule has 0 saturated heterocycles. The molecule has 7 aromatic carbocycles. The van der Waals surface area contributed by atoms with Crippen LogP contribution in [0.1, 0.15) is 0 Å². The van der Waals surface area contributed by atoms with Gasteiger partial charge in [0.25, 0.3) is 0 Å². The maximum absolute atomic E-state index is 5.21. The molecule has 0 unspecified atom stereocenters. The fourth-order valence-electron chi connectivity index (χ4n) is 7.93. The van der Waals surface area contributed by atoms with Crippen molar-refractivity contribution in [1.29, 1.82) is 0 Å². The van der Waals surface area contributed by atoms with Crippen LogP contribution in [-0.2, 0) is 0 Å². The summed E-state index contributed by atoms with van der Waals surface area (Å²) < 4.78 is 2.06. The third kappa shape index (κ3) is 5.24. The summed E-state index contributed by atoms with van der Waals surface area (Å²) in [6.45, 7) is 0. The Kier molecular flexibility index (Phi) is 7.10. The van der Waals surface area contributed by atoms with E-state index in [1.54, 1.807) is 0 Å². The molecule has 0 aliphatic carbocycles. The van der Waals surface area contributed by atoms with Crippen molar-refractivity contribution in [3.05, 3.63) is 188 Å². The Balaban J connectivity index is 0.988. The van der Waals surface area contributed by atoms with Crippen molar-refractivity contribution in [2.75, 3.05) is 0 Å². The smallest absolute Gasteiger partial charge is 0.165 e. The molecule has 0 aliphatic rings. The van der Waals surface area contributed by atoms with Crippen LogP contribution in [-0.4, -0.2) is 24.3 Å². The summed E-state index contributed by atoms with van der Waals surface area (Å²) in [7, 11) is 0. The molecule has 0 atom stereocenters. The highest BCUT2D eigenvalue weighted by molar-refractivity contribution is 6.09. The molecule has 11 rings (SSSR count). The zero-order chi connectivity index (χ0) is 36.3. The maximum Gasteiger partial charge on any atom is 0.165 e. The minimum Gasteiger partial charge on any atom is -0.284 e. The van der Waals surface area contributed by atoms with Gasteiger partial charge in [-0.3, -0.25) is 4.40 Å². The number of aromatic nitrogens is 5. The highest BCUT2D eigenvalue weighted by Crippen LogP contribution is 2.36. The van der Waals surface area contributed by atoms with Gasteiger partial charge >= 0.3 is 0 Å². The van der Waals surface area contributed by atoms with E-state index in [2.05, 4.69) is 168 Å². The number of imidazole rings is 1. The summed E-state index contributed by atoms with van der Waals surface area (Å²) in [6, 6.07) is 63.6. The SMILES string of the molecule is c1ccc2c(-c3cc(-c4cccc5ccccc45)nc(-c4ccc(-c5ccc(-c6nc7c(nc8ccccn87)c7ccccc67)cc5)cc4)n3)cccc2c1. The average molecular weight is 702 g/mol. The van der Waals surface area contributed by atoms with E-state index in [0.717, 1.165) is 78.0 Å². The van der Waals surface area contributed by atoms with E-state index in [9.17, 15) is 0 Å². The van der Waals surface area contributed by atoms with E-state index in [1.807, 2.05) is 24.4 Å². The average Bonchev–Trinajstić information content (AvgIpc) is 3.65. The Morgan fingerprint density at radius 1 is 0.364 bits per heavy atom. The fourth-order valence-corrected chi connectivity index (χ4v) is 7.93. The molecule has 0 bridgehead atoms. The zero-order valence-corrected chi connectivity index (χ0v) is 29.6. The lowest BCUT2D eigenvalue weighted by atomic mass is 9.98. The molecule has 5 nitrogen and oxygen atoms in total. The molecule has 0 amide bonds. The summed E-state index contributed by atoms with van der Waals surface area (Å²) in [5.41, 5.74) is 11.8. The molecule has 256 valence electrons. The van der Waals surface area contributed by atoms with Crippen LogP contribution in [0.25, 0.3) is 105 Å². The van der Waals surface area contributed by atoms with Crippen LogP contribution in [0.15, 0.2) is 188 Å².